The number of nitrogens with one attached hydrogen (secondary N) is 2. The highest BCUT2D eigenvalue weighted by Gasteiger charge is 2.30. The molecule has 0 spiro atoms. The maximum absolute atomic E-state index is 13.0. The van der Waals surface area contributed by atoms with E-state index in [1.54, 1.807) is 30.9 Å². The van der Waals surface area contributed by atoms with Crippen molar-refractivity contribution in [1.29, 1.82) is 5.26 Å². The van der Waals surface area contributed by atoms with Gasteiger partial charge in [0.1, 0.15) is 5.41 Å². The first-order valence-electron chi connectivity index (χ1n) is 12.2. The van der Waals surface area contributed by atoms with Crippen LogP contribution in [0.1, 0.15) is 54.0 Å². The number of nitrogens with zero attached hydrogens (tertiary/aromatic N) is 8. The lowest BCUT2D eigenvalue weighted by molar-refractivity contribution is 0.0895. The smallest absolute Gasteiger partial charge is 0.309 e. The minimum atomic E-state index is -0.978. The first-order chi connectivity index (χ1) is 18.2. The Labute approximate surface area is 219 Å². The fourth-order valence-electron chi connectivity index (χ4n) is 4.30. The van der Waals surface area contributed by atoms with Crippen LogP contribution in [0.15, 0.2) is 47.3 Å². The summed E-state index contributed by atoms with van der Waals surface area (Å²) in [5, 5.41) is 27.5. The van der Waals surface area contributed by atoms with E-state index >= 15 is 0 Å². The zero-order chi connectivity index (χ0) is 26.9. The highest BCUT2D eigenvalue weighted by molar-refractivity contribution is 5.89. The molecule has 0 fully saturated rings. The quantitative estimate of drug-likeness (QED) is 0.394. The molecular weight excluding hydrogens is 484 g/mol. The number of fused-ring (bicyclic) bond motifs is 1. The van der Waals surface area contributed by atoms with Gasteiger partial charge in [0, 0.05) is 38.1 Å². The van der Waals surface area contributed by atoms with E-state index in [9.17, 15) is 10.1 Å². The second-order valence-corrected chi connectivity index (χ2v) is 9.91. The molecule has 0 unspecified atom stereocenters. The van der Waals surface area contributed by atoms with Crippen molar-refractivity contribution in [3.63, 3.8) is 0 Å². The van der Waals surface area contributed by atoms with Crippen LogP contribution >= 0.6 is 0 Å². The van der Waals surface area contributed by atoms with Gasteiger partial charge in [-0.25, -0.2) is 9.97 Å². The van der Waals surface area contributed by atoms with E-state index in [1.807, 2.05) is 31.4 Å². The number of aromatic nitrogens is 6. The maximum atomic E-state index is 13.0. The zero-order valence-corrected chi connectivity index (χ0v) is 21.6. The summed E-state index contributed by atoms with van der Waals surface area (Å²) in [5.41, 5.74) is 3.65. The van der Waals surface area contributed by atoms with Crippen molar-refractivity contribution >= 4 is 17.5 Å². The van der Waals surface area contributed by atoms with Crippen LogP contribution in [-0.4, -0.2) is 54.3 Å². The maximum Gasteiger partial charge on any atom is 0.309 e. The van der Waals surface area contributed by atoms with Crippen LogP contribution in [-0.2, 0) is 19.0 Å². The lowest BCUT2D eigenvalue weighted by Crippen LogP contribution is -2.30. The average Bonchev–Trinajstić information content (AvgIpc) is 3.53. The third-order valence-corrected chi connectivity index (χ3v) is 6.41. The zero-order valence-electron chi connectivity index (χ0n) is 21.6. The molecule has 1 aliphatic heterocycles. The molecule has 4 aromatic rings. The van der Waals surface area contributed by atoms with Gasteiger partial charge in [0.05, 0.1) is 29.7 Å². The number of amides is 1. The number of carbonyl (C=O) groups is 1. The van der Waals surface area contributed by atoms with Crippen LogP contribution in [0.2, 0.25) is 0 Å². The van der Waals surface area contributed by atoms with Gasteiger partial charge >= 0.3 is 11.8 Å². The van der Waals surface area contributed by atoms with Crippen molar-refractivity contribution in [2.75, 3.05) is 18.9 Å². The predicted molar refractivity (Wildman–Crippen MR) is 138 cm³/mol. The molecule has 0 saturated carbocycles. The largest absolute Gasteiger partial charge is 0.415 e. The predicted octanol–water partition coefficient (Wildman–Crippen LogP) is 3.11. The van der Waals surface area contributed by atoms with E-state index in [1.165, 1.54) is 0 Å². The Bertz CT molecular complexity index is 1520. The van der Waals surface area contributed by atoms with E-state index in [-0.39, 0.29) is 17.8 Å². The summed E-state index contributed by atoms with van der Waals surface area (Å²) in [7, 11) is 3.90. The Kier molecular flexibility index (Phi) is 6.61. The van der Waals surface area contributed by atoms with E-state index in [2.05, 4.69) is 60.0 Å². The van der Waals surface area contributed by atoms with Gasteiger partial charge in [-0.15, -0.1) is 10.2 Å². The standard InChI is InChI=1S/C26H28N10O2/c1-26(2,15-27)24-34-33-23(38-24)22(37)31-21-8-10-35(3)13-17-11-16(5-6-19(17)21)20-7-9-28-25(32-20)30-18-12-29-36(4)14-18/h5-7,9,11-12,14,21H,8,10,13H2,1-4H3,(H,31,37)(H,28,30,32)/t21-/m0/s1. The van der Waals surface area contributed by atoms with Gasteiger partial charge < -0.3 is 20.0 Å². The van der Waals surface area contributed by atoms with E-state index in [4.69, 9.17) is 4.42 Å². The highest BCUT2D eigenvalue weighted by atomic mass is 16.4. The van der Waals surface area contributed by atoms with Gasteiger partial charge in [-0.1, -0.05) is 12.1 Å². The molecular formula is C26H28N10O2. The minimum Gasteiger partial charge on any atom is -0.415 e. The van der Waals surface area contributed by atoms with E-state index < -0.39 is 11.3 Å². The molecule has 5 rings (SSSR count). The molecule has 12 heteroatoms. The second-order valence-electron chi connectivity index (χ2n) is 9.91. The normalized spacial score (nSPS) is 15.8. The van der Waals surface area contributed by atoms with Crippen molar-refractivity contribution < 1.29 is 9.21 Å². The number of aryl methyl sites for hydroxylation is 1. The molecule has 3 aromatic heterocycles. The minimum absolute atomic E-state index is 0.109. The van der Waals surface area contributed by atoms with Crippen LogP contribution < -0.4 is 10.6 Å². The van der Waals surface area contributed by atoms with Gasteiger partial charge in [0.2, 0.25) is 11.8 Å². The Morgan fingerprint density at radius 3 is 2.84 bits per heavy atom. The Morgan fingerprint density at radius 2 is 2.08 bits per heavy atom. The summed E-state index contributed by atoms with van der Waals surface area (Å²) < 4.78 is 7.23. The lowest BCUT2D eigenvalue weighted by atomic mass is 9.96. The van der Waals surface area contributed by atoms with E-state index in [0.717, 1.165) is 41.2 Å². The summed E-state index contributed by atoms with van der Waals surface area (Å²) in [5.74, 6) is -0.0399. The summed E-state index contributed by atoms with van der Waals surface area (Å²) in [6.45, 7) is 4.83. The summed E-state index contributed by atoms with van der Waals surface area (Å²) in [6.07, 6.45) is 5.99. The van der Waals surface area contributed by atoms with Gasteiger partial charge in [0.15, 0.2) is 0 Å². The monoisotopic (exact) mass is 512 g/mol. The average molecular weight is 513 g/mol. The molecule has 0 aliphatic carbocycles. The topological polar surface area (TPSA) is 151 Å². The van der Waals surface area contributed by atoms with E-state index in [0.29, 0.717) is 12.4 Å². The number of anilines is 2. The van der Waals surface area contributed by atoms with Gasteiger partial charge in [-0.2, -0.15) is 10.4 Å². The first kappa shape index (κ1) is 25.0. The molecule has 2 N–H and O–H groups in total. The Hall–Kier alpha value is -4.63. The molecule has 0 radical (unpaired) electrons. The molecule has 12 nitrogen and oxygen atoms in total. The molecule has 38 heavy (non-hydrogen) atoms. The number of carbonyl (C=O) groups excluding carboxylic acids is 1. The Morgan fingerprint density at radius 1 is 1.24 bits per heavy atom. The van der Waals surface area contributed by atoms with Crippen LogP contribution in [0.25, 0.3) is 11.3 Å². The summed E-state index contributed by atoms with van der Waals surface area (Å²) in [4.78, 5) is 24.2. The van der Waals surface area contributed by atoms with Crippen LogP contribution in [0, 0.1) is 11.3 Å². The van der Waals surface area contributed by atoms with Crippen LogP contribution in [0.4, 0.5) is 11.6 Å². The fourth-order valence-corrected chi connectivity index (χ4v) is 4.30. The first-order valence-corrected chi connectivity index (χ1v) is 12.2. The number of benzene rings is 1. The molecule has 1 amide bonds. The van der Waals surface area contributed by atoms with Crippen molar-refractivity contribution in [3.8, 4) is 17.3 Å². The third-order valence-electron chi connectivity index (χ3n) is 6.41. The molecule has 0 saturated heterocycles. The summed E-state index contributed by atoms with van der Waals surface area (Å²) >= 11 is 0. The molecule has 1 aromatic carbocycles. The van der Waals surface area contributed by atoms with Crippen LogP contribution in [0.5, 0.6) is 0 Å². The SMILES string of the molecule is CN1CC[C@H](NC(=O)c2nnc(C(C)(C)C#N)o2)c2ccc(-c3ccnc(Nc4cnn(C)c4)n3)cc2C1. The fraction of sp³-hybridized carbons (Fsp3) is 0.346. The molecule has 1 aliphatic rings. The number of hydrogen-bond donors (Lipinski definition) is 2. The molecule has 1 atom stereocenters. The van der Waals surface area contributed by atoms with Gasteiger partial charge in [-0.3, -0.25) is 9.48 Å². The van der Waals surface area contributed by atoms with Crippen molar-refractivity contribution in [2.45, 2.75) is 38.3 Å². The van der Waals surface area contributed by atoms with Crippen molar-refractivity contribution in [2.24, 2.45) is 7.05 Å². The van der Waals surface area contributed by atoms with Crippen molar-refractivity contribution in [3.05, 3.63) is 65.8 Å². The second kappa shape index (κ2) is 10.0. The van der Waals surface area contributed by atoms with Crippen LogP contribution in [0.3, 0.4) is 0 Å². The van der Waals surface area contributed by atoms with Gasteiger partial charge in [0.25, 0.3) is 0 Å². The molecule has 0 bridgehead atoms. The number of hydrogen-bond acceptors (Lipinski definition) is 10. The molecule has 194 valence electrons. The Balaban J connectivity index is 1.38. The highest BCUT2D eigenvalue weighted by Crippen LogP contribution is 2.31. The number of rotatable bonds is 6. The third kappa shape index (κ3) is 5.23. The lowest BCUT2D eigenvalue weighted by Gasteiger charge is -2.19. The van der Waals surface area contributed by atoms with Gasteiger partial charge in [-0.05, 0) is 50.6 Å². The number of nitriles is 1. The summed E-state index contributed by atoms with van der Waals surface area (Å²) in [6, 6.07) is 9.86. The van der Waals surface area contributed by atoms with Crippen molar-refractivity contribution in [1.82, 2.24) is 40.2 Å². The molecule has 4 heterocycles.